The monoisotopic (exact) mass is 241 g/mol. The maximum absolute atomic E-state index is 6.05. The Morgan fingerprint density at radius 2 is 1.88 bits per heavy atom. The van der Waals surface area contributed by atoms with E-state index in [-0.39, 0.29) is 0 Å². The van der Waals surface area contributed by atoms with Crippen LogP contribution in [0, 0.1) is 6.92 Å². The molecule has 2 heteroatoms. The smallest absolute Gasteiger partial charge is 0.0543 e. The van der Waals surface area contributed by atoms with Crippen molar-refractivity contribution in [2.45, 2.75) is 6.92 Å². The second-order valence-electron chi connectivity index (χ2n) is 4.23. The zero-order chi connectivity index (χ0) is 11.8. The van der Waals surface area contributed by atoms with Crippen molar-refractivity contribution in [1.29, 1.82) is 0 Å². The van der Waals surface area contributed by atoms with Gasteiger partial charge in [-0.05, 0) is 42.8 Å². The number of hydrogen-bond acceptors (Lipinski definition) is 0. The van der Waals surface area contributed by atoms with Gasteiger partial charge < -0.3 is 4.57 Å². The molecule has 2 aromatic carbocycles. The molecular formula is C15H12ClN. The summed E-state index contributed by atoms with van der Waals surface area (Å²) in [5.74, 6) is 0. The third-order valence-corrected chi connectivity index (χ3v) is 3.17. The van der Waals surface area contributed by atoms with Crippen LogP contribution in [-0.2, 0) is 0 Å². The average molecular weight is 242 g/mol. The summed E-state index contributed by atoms with van der Waals surface area (Å²) in [7, 11) is 0. The molecular weight excluding hydrogens is 230 g/mol. The van der Waals surface area contributed by atoms with Gasteiger partial charge in [0.2, 0.25) is 0 Å². The van der Waals surface area contributed by atoms with Crippen LogP contribution in [0.5, 0.6) is 0 Å². The van der Waals surface area contributed by atoms with Crippen LogP contribution in [0.25, 0.3) is 16.6 Å². The van der Waals surface area contributed by atoms with E-state index in [1.54, 1.807) is 0 Å². The number of halogens is 1. The molecule has 84 valence electrons. The molecule has 3 rings (SSSR count). The lowest BCUT2D eigenvalue weighted by Crippen LogP contribution is -1.91. The zero-order valence-electron chi connectivity index (χ0n) is 9.52. The number of aryl methyl sites for hydroxylation is 1. The van der Waals surface area contributed by atoms with E-state index >= 15 is 0 Å². The lowest BCUT2D eigenvalue weighted by atomic mass is 10.2. The van der Waals surface area contributed by atoms with Crippen molar-refractivity contribution >= 4 is 22.5 Å². The second kappa shape index (κ2) is 3.94. The van der Waals surface area contributed by atoms with Crippen LogP contribution in [-0.4, -0.2) is 4.57 Å². The van der Waals surface area contributed by atoms with Crippen molar-refractivity contribution in [1.82, 2.24) is 4.57 Å². The molecule has 0 fully saturated rings. The summed E-state index contributed by atoms with van der Waals surface area (Å²) >= 11 is 6.05. The van der Waals surface area contributed by atoms with Gasteiger partial charge in [0.05, 0.1) is 5.52 Å². The van der Waals surface area contributed by atoms with Crippen molar-refractivity contribution in [3.8, 4) is 5.69 Å². The second-order valence-corrected chi connectivity index (χ2v) is 4.66. The number of nitrogens with zero attached hydrogens (tertiary/aromatic N) is 1. The predicted octanol–water partition coefficient (Wildman–Crippen LogP) is 4.59. The van der Waals surface area contributed by atoms with Crippen LogP contribution < -0.4 is 0 Å². The van der Waals surface area contributed by atoms with Crippen molar-refractivity contribution in [2.24, 2.45) is 0 Å². The topological polar surface area (TPSA) is 4.93 Å². The lowest BCUT2D eigenvalue weighted by Gasteiger charge is -2.06. The average Bonchev–Trinajstić information content (AvgIpc) is 2.71. The third kappa shape index (κ3) is 1.83. The highest BCUT2D eigenvalue weighted by Gasteiger charge is 2.03. The Balaban J connectivity index is 2.27. The van der Waals surface area contributed by atoms with Crippen molar-refractivity contribution in [3.63, 3.8) is 0 Å². The number of aromatic nitrogens is 1. The number of fused-ring (bicyclic) bond motifs is 1. The van der Waals surface area contributed by atoms with Gasteiger partial charge in [-0.25, -0.2) is 0 Å². The summed E-state index contributed by atoms with van der Waals surface area (Å²) in [4.78, 5) is 0. The standard InChI is InChI=1S/C15H12ClN/c1-11-3-2-4-14(9-11)17-8-7-12-5-6-13(16)10-15(12)17/h2-10H,1H3. The lowest BCUT2D eigenvalue weighted by molar-refractivity contribution is 1.12. The summed E-state index contributed by atoms with van der Waals surface area (Å²) in [5.41, 5.74) is 3.57. The normalized spacial score (nSPS) is 10.9. The van der Waals surface area contributed by atoms with Crippen molar-refractivity contribution in [2.75, 3.05) is 0 Å². The SMILES string of the molecule is Cc1cccc(-n2ccc3ccc(Cl)cc32)c1. The first kappa shape index (κ1) is 10.4. The van der Waals surface area contributed by atoms with Gasteiger partial charge in [-0.15, -0.1) is 0 Å². The van der Waals surface area contributed by atoms with Crippen LogP contribution in [0.3, 0.4) is 0 Å². The highest BCUT2D eigenvalue weighted by atomic mass is 35.5. The van der Waals surface area contributed by atoms with E-state index in [2.05, 4.69) is 48.0 Å². The van der Waals surface area contributed by atoms with Gasteiger partial charge in [-0.1, -0.05) is 29.8 Å². The number of benzene rings is 2. The molecule has 0 atom stereocenters. The fourth-order valence-corrected chi connectivity index (χ4v) is 2.27. The molecule has 0 saturated carbocycles. The molecule has 1 nitrogen and oxygen atoms in total. The van der Waals surface area contributed by atoms with Gasteiger partial charge in [0.1, 0.15) is 0 Å². The van der Waals surface area contributed by atoms with E-state index in [0.717, 1.165) is 10.5 Å². The van der Waals surface area contributed by atoms with Crippen LogP contribution in [0.2, 0.25) is 5.02 Å². The molecule has 0 radical (unpaired) electrons. The quantitative estimate of drug-likeness (QED) is 0.587. The minimum Gasteiger partial charge on any atom is -0.317 e. The molecule has 17 heavy (non-hydrogen) atoms. The largest absolute Gasteiger partial charge is 0.317 e. The Bertz CT molecular complexity index is 682. The maximum Gasteiger partial charge on any atom is 0.0543 e. The van der Waals surface area contributed by atoms with Crippen LogP contribution in [0.15, 0.2) is 54.7 Å². The Kier molecular flexibility index (Phi) is 2.41. The predicted molar refractivity (Wildman–Crippen MR) is 73.0 cm³/mol. The highest BCUT2D eigenvalue weighted by molar-refractivity contribution is 6.31. The van der Waals surface area contributed by atoms with Crippen LogP contribution in [0.4, 0.5) is 0 Å². The van der Waals surface area contributed by atoms with E-state index in [9.17, 15) is 0 Å². The fraction of sp³-hybridized carbons (Fsp3) is 0.0667. The van der Waals surface area contributed by atoms with Crippen molar-refractivity contribution in [3.05, 3.63) is 65.3 Å². The van der Waals surface area contributed by atoms with E-state index in [4.69, 9.17) is 11.6 Å². The van der Waals surface area contributed by atoms with E-state index in [1.807, 2.05) is 18.2 Å². The first-order chi connectivity index (χ1) is 8.24. The molecule has 0 amide bonds. The minimum atomic E-state index is 0.769. The molecule has 0 aliphatic rings. The Morgan fingerprint density at radius 1 is 1.00 bits per heavy atom. The molecule has 3 aromatic rings. The maximum atomic E-state index is 6.05. The van der Waals surface area contributed by atoms with Gasteiger partial charge >= 0.3 is 0 Å². The number of hydrogen-bond donors (Lipinski definition) is 0. The minimum absolute atomic E-state index is 0.769. The summed E-state index contributed by atoms with van der Waals surface area (Å²) in [6.07, 6.45) is 2.08. The zero-order valence-corrected chi connectivity index (χ0v) is 10.3. The molecule has 0 spiro atoms. The molecule has 0 aliphatic heterocycles. The molecule has 0 unspecified atom stereocenters. The highest BCUT2D eigenvalue weighted by Crippen LogP contribution is 2.24. The van der Waals surface area contributed by atoms with E-state index in [1.165, 1.54) is 16.6 Å². The Hall–Kier alpha value is -1.73. The molecule has 1 heterocycles. The molecule has 0 saturated heterocycles. The summed E-state index contributed by atoms with van der Waals surface area (Å²) in [6.45, 7) is 2.10. The van der Waals surface area contributed by atoms with Gasteiger partial charge in [0.15, 0.2) is 0 Å². The first-order valence-electron chi connectivity index (χ1n) is 5.58. The van der Waals surface area contributed by atoms with Crippen molar-refractivity contribution < 1.29 is 0 Å². The summed E-state index contributed by atoms with van der Waals surface area (Å²) < 4.78 is 2.16. The summed E-state index contributed by atoms with van der Waals surface area (Å²) in [6, 6.07) is 16.5. The summed E-state index contributed by atoms with van der Waals surface area (Å²) in [5, 5.41) is 1.97. The van der Waals surface area contributed by atoms with Crippen LogP contribution >= 0.6 is 11.6 Å². The fourth-order valence-electron chi connectivity index (χ4n) is 2.10. The van der Waals surface area contributed by atoms with Gasteiger partial charge in [0, 0.05) is 22.3 Å². The number of rotatable bonds is 1. The molecule has 0 N–H and O–H groups in total. The van der Waals surface area contributed by atoms with Crippen LogP contribution in [0.1, 0.15) is 5.56 Å². The van der Waals surface area contributed by atoms with Gasteiger partial charge in [-0.3, -0.25) is 0 Å². The van der Waals surface area contributed by atoms with E-state index < -0.39 is 0 Å². The molecule has 0 aliphatic carbocycles. The van der Waals surface area contributed by atoms with Gasteiger partial charge in [-0.2, -0.15) is 0 Å². The molecule has 0 bridgehead atoms. The third-order valence-electron chi connectivity index (χ3n) is 2.94. The Morgan fingerprint density at radius 3 is 2.71 bits per heavy atom. The first-order valence-corrected chi connectivity index (χ1v) is 5.95. The van der Waals surface area contributed by atoms with Gasteiger partial charge in [0.25, 0.3) is 0 Å². The Labute approximate surface area is 105 Å². The van der Waals surface area contributed by atoms with E-state index in [0.29, 0.717) is 0 Å². The molecule has 1 aromatic heterocycles.